The van der Waals surface area contributed by atoms with Gasteiger partial charge >= 0.3 is 11.5 Å². The van der Waals surface area contributed by atoms with Crippen LogP contribution in [0.1, 0.15) is 27.8 Å². The SMILES string of the molecule is COCc1ccccc1C1=CC(=CC2=C(O)C(=Cc3cc(-c4ccc(Br)c(Br)c4)[o+]c(-c4ccccc4COC)c3)C2=O)C=C(c2ccc(Br)c(Br)c2)O1. The van der Waals surface area contributed by atoms with Crippen molar-refractivity contribution in [3.63, 3.8) is 0 Å². The van der Waals surface area contributed by atoms with Crippen molar-refractivity contribution in [2.45, 2.75) is 13.2 Å². The molecule has 1 aromatic heterocycles. The highest BCUT2D eigenvalue weighted by molar-refractivity contribution is 9.13. The second-order valence-electron chi connectivity index (χ2n) is 12.5. The molecule has 10 heteroatoms. The van der Waals surface area contributed by atoms with E-state index in [1.54, 1.807) is 26.4 Å². The lowest BCUT2D eigenvalue weighted by molar-refractivity contribution is -0.113. The molecule has 1 aliphatic heterocycles. The fourth-order valence-electron chi connectivity index (χ4n) is 6.19. The summed E-state index contributed by atoms with van der Waals surface area (Å²) in [7, 11) is 3.30. The van der Waals surface area contributed by atoms with Gasteiger partial charge in [-0.25, -0.2) is 4.42 Å². The number of carbonyl (C=O) groups excluding carboxylic acids is 1. The topological polar surface area (TPSA) is 76.3 Å². The molecule has 0 saturated heterocycles. The number of ether oxygens (including phenoxy) is 3. The summed E-state index contributed by atoms with van der Waals surface area (Å²) in [5, 5.41) is 11.4. The van der Waals surface area contributed by atoms with E-state index in [9.17, 15) is 9.90 Å². The van der Waals surface area contributed by atoms with Gasteiger partial charge in [0.15, 0.2) is 0 Å². The van der Waals surface area contributed by atoms with Crippen molar-refractivity contribution in [1.29, 1.82) is 0 Å². The number of carbonyl (C=O) groups is 1. The fourth-order valence-corrected chi connectivity index (χ4v) is 7.44. The fraction of sp³-hybridized carbons (Fsp3) is 0.0909. The van der Waals surface area contributed by atoms with Crippen LogP contribution in [0.2, 0.25) is 0 Å². The molecule has 7 rings (SSSR count). The lowest BCUT2D eigenvalue weighted by Crippen LogP contribution is -2.21. The van der Waals surface area contributed by atoms with Crippen molar-refractivity contribution in [3.05, 3.63) is 183 Å². The maximum Gasteiger partial charge on any atom is 0.361 e. The first kappa shape index (κ1) is 38.1. The van der Waals surface area contributed by atoms with Gasteiger partial charge in [-0.1, -0.05) is 48.5 Å². The Morgan fingerprint density at radius 3 is 1.89 bits per heavy atom. The summed E-state index contributed by atoms with van der Waals surface area (Å²) in [6.45, 7) is 0.787. The van der Waals surface area contributed by atoms with Gasteiger partial charge in [-0.2, -0.15) is 0 Å². The van der Waals surface area contributed by atoms with Gasteiger partial charge in [0.2, 0.25) is 5.78 Å². The molecule has 0 atom stereocenters. The number of hydrogen-bond donors (Lipinski definition) is 1. The molecular formula is C44H31Br4O6+. The first-order valence-corrected chi connectivity index (χ1v) is 19.9. The van der Waals surface area contributed by atoms with Crippen LogP contribution in [-0.4, -0.2) is 25.1 Å². The van der Waals surface area contributed by atoms with Gasteiger partial charge in [-0.05, 0) is 147 Å². The smallest absolute Gasteiger partial charge is 0.361 e. The highest BCUT2D eigenvalue weighted by Crippen LogP contribution is 2.40. The van der Waals surface area contributed by atoms with Crippen LogP contribution in [-0.2, 0) is 32.2 Å². The molecule has 0 unspecified atom stereocenters. The number of methoxy groups -OCH3 is 2. The summed E-state index contributed by atoms with van der Waals surface area (Å²) in [6.07, 6.45) is 7.12. The van der Waals surface area contributed by atoms with Crippen molar-refractivity contribution >= 4 is 87.1 Å². The number of Topliss-reactive ketones (excluding diaryl/α,β-unsaturated/α-hetero) is 1. The molecule has 270 valence electrons. The maximum absolute atomic E-state index is 13.8. The van der Waals surface area contributed by atoms with Crippen molar-refractivity contribution in [2.24, 2.45) is 0 Å². The van der Waals surface area contributed by atoms with Crippen LogP contribution in [0, 0.1) is 0 Å². The van der Waals surface area contributed by atoms with Gasteiger partial charge in [-0.15, -0.1) is 0 Å². The van der Waals surface area contributed by atoms with Crippen LogP contribution in [0.4, 0.5) is 0 Å². The average Bonchev–Trinajstić information content (AvgIpc) is 3.18. The zero-order valence-corrected chi connectivity index (χ0v) is 35.3. The lowest BCUT2D eigenvalue weighted by Gasteiger charge is -2.23. The van der Waals surface area contributed by atoms with Crippen molar-refractivity contribution in [2.75, 3.05) is 14.2 Å². The third-order valence-electron chi connectivity index (χ3n) is 8.83. The molecule has 0 bridgehead atoms. The molecule has 2 heterocycles. The number of allylic oxidation sites excluding steroid dienone is 6. The predicted octanol–water partition coefficient (Wildman–Crippen LogP) is 13.1. The van der Waals surface area contributed by atoms with E-state index in [1.807, 2.05) is 109 Å². The third kappa shape index (κ3) is 8.10. The van der Waals surface area contributed by atoms with Gasteiger partial charge in [0, 0.05) is 43.2 Å². The van der Waals surface area contributed by atoms with Gasteiger partial charge in [-0.3, -0.25) is 4.79 Å². The minimum Gasteiger partial charge on any atom is -0.506 e. The van der Waals surface area contributed by atoms with E-state index in [-0.39, 0.29) is 22.7 Å². The first-order chi connectivity index (χ1) is 26.1. The zero-order valence-electron chi connectivity index (χ0n) is 29.0. The summed E-state index contributed by atoms with van der Waals surface area (Å²) in [5.74, 6) is 1.98. The highest BCUT2D eigenvalue weighted by Gasteiger charge is 2.33. The highest BCUT2D eigenvalue weighted by atomic mass is 79.9. The monoisotopic (exact) mass is 971 g/mol. The van der Waals surface area contributed by atoms with Crippen LogP contribution in [0.15, 0.2) is 160 Å². The van der Waals surface area contributed by atoms with Gasteiger partial charge < -0.3 is 19.3 Å². The summed E-state index contributed by atoms with van der Waals surface area (Å²) in [5.41, 5.74) is 7.05. The van der Waals surface area contributed by atoms with E-state index >= 15 is 0 Å². The Bertz CT molecular complexity index is 2480. The molecule has 1 N–H and O–H groups in total. The first-order valence-electron chi connectivity index (χ1n) is 16.7. The zero-order chi connectivity index (χ0) is 37.9. The third-order valence-corrected chi connectivity index (χ3v) is 12.6. The quantitative estimate of drug-likeness (QED) is 0.111. The number of benzene rings is 4. The molecular weight excluding hydrogens is 944 g/mol. The Balaban J connectivity index is 1.31. The Kier molecular flexibility index (Phi) is 11.8. The van der Waals surface area contributed by atoms with Crippen LogP contribution >= 0.6 is 63.7 Å². The molecule has 5 aromatic rings. The van der Waals surface area contributed by atoms with E-state index in [4.69, 9.17) is 18.6 Å². The van der Waals surface area contributed by atoms with E-state index in [2.05, 4.69) is 63.7 Å². The minimum atomic E-state index is -0.280. The van der Waals surface area contributed by atoms with E-state index in [1.165, 1.54) is 0 Å². The van der Waals surface area contributed by atoms with Gasteiger partial charge in [0.1, 0.15) is 17.3 Å². The van der Waals surface area contributed by atoms with Crippen molar-refractivity contribution in [3.8, 4) is 22.6 Å². The largest absolute Gasteiger partial charge is 0.506 e. The van der Waals surface area contributed by atoms with Crippen molar-refractivity contribution in [1.82, 2.24) is 0 Å². The summed E-state index contributed by atoms with van der Waals surface area (Å²) >= 11 is 14.3. The second-order valence-corrected chi connectivity index (χ2v) is 15.9. The number of ketones is 1. The van der Waals surface area contributed by atoms with E-state index in [0.717, 1.165) is 51.3 Å². The minimum absolute atomic E-state index is 0.0925. The average molecular weight is 975 g/mol. The molecule has 6 nitrogen and oxygen atoms in total. The Hall–Kier alpha value is -4.16. The van der Waals surface area contributed by atoms with E-state index in [0.29, 0.717) is 47.4 Å². The van der Waals surface area contributed by atoms with Crippen LogP contribution in [0.25, 0.3) is 40.2 Å². The second kappa shape index (κ2) is 16.7. The summed E-state index contributed by atoms with van der Waals surface area (Å²) in [6, 6.07) is 31.1. The van der Waals surface area contributed by atoms with Gasteiger partial charge in [0.25, 0.3) is 0 Å². The molecule has 54 heavy (non-hydrogen) atoms. The normalized spacial score (nSPS) is 15.6. The standard InChI is InChI=1S/C44H30Br4O6/c1-51-23-29-7-3-5-9-31(29)41-19-25(17-39(53-41)27-11-13-35(45)37(47)21-27)15-33-43(49)34(44(33)50)16-26-18-40(28-12-14-36(46)38(48)22-28)54-42(20-26)32-10-6-4-8-30(32)24-52-2/h3-22H,23-24H2,1-2H3/p+1. The molecule has 0 spiro atoms. The Morgan fingerprint density at radius 2 is 1.24 bits per heavy atom. The molecule has 0 saturated carbocycles. The molecule has 0 fully saturated rings. The molecule has 0 radical (unpaired) electrons. The Morgan fingerprint density at radius 1 is 0.667 bits per heavy atom. The summed E-state index contributed by atoms with van der Waals surface area (Å²) in [4.78, 5) is 13.8. The molecule has 1 aliphatic carbocycles. The molecule has 2 aliphatic rings. The Labute approximate surface area is 346 Å². The van der Waals surface area contributed by atoms with Crippen LogP contribution in [0.3, 0.4) is 0 Å². The van der Waals surface area contributed by atoms with E-state index < -0.39 is 0 Å². The van der Waals surface area contributed by atoms with Crippen molar-refractivity contribution < 1.29 is 28.5 Å². The number of rotatable bonds is 10. The number of halogens is 4. The van der Waals surface area contributed by atoms with Crippen LogP contribution < -0.4 is 0 Å². The van der Waals surface area contributed by atoms with Gasteiger partial charge in [0.05, 0.1) is 47.6 Å². The summed E-state index contributed by atoms with van der Waals surface area (Å²) < 4.78 is 27.4. The lowest BCUT2D eigenvalue weighted by atomic mass is 9.85. The number of aliphatic hydroxyl groups is 1. The van der Waals surface area contributed by atoms with Crippen LogP contribution in [0.5, 0.6) is 0 Å². The molecule has 0 amide bonds. The number of aliphatic hydroxyl groups excluding tert-OH is 1. The maximum atomic E-state index is 13.8. The predicted molar refractivity (Wildman–Crippen MR) is 227 cm³/mol. The molecule has 4 aromatic carbocycles. The number of hydrogen-bond acceptors (Lipinski definition) is 5.